The van der Waals surface area contributed by atoms with Crippen LogP contribution in [-0.4, -0.2) is 68.4 Å². The normalized spacial score (nSPS) is 16.3. The van der Waals surface area contributed by atoms with Gasteiger partial charge in [0, 0.05) is 12.7 Å². The van der Waals surface area contributed by atoms with E-state index in [1.54, 1.807) is 20.0 Å². The fourth-order valence-electron chi connectivity index (χ4n) is 5.33. The monoisotopic (exact) mass is 632 g/mol. The maximum Gasteiger partial charge on any atom is 0.408 e. The van der Waals surface area contributed by atoms with Crippen LogP contribution in [-0.2, 0) is 26.3 Å². The molecule has 46 heavy (non-hydrogen) atoms. The number of Topliss-reactive ketones (excluding diaryl/α,β-unsaturated/α-hetero) is 1. The number of hydrogen-bond acceptors (Lipinski definition) is 9. The average molecular weight is 633 g/mol. The van der Waals surface area contributed by atoms with Crippen LogP contribution in [0.2, 0.25) is 0 Å². The van der Waals surface area contributed by atoms with Gasteiger partial charge in [0.15, 0.2) is 0 Å². The van der Waals surface area contributed by atoms with Crippen molar-refractivity contribution < 1.29 is 28.3 Å². The number of likely N-dealkylation sites (tertiary alicyclic amines) is 1. The molecule has 0 unspecified atom stereocenters. The number of amides is 3. The molecule has 2 aromatic heterocycles. The Kier molecular flexibility index (Phi) is 10.9. The van der Waals surface area contributed by atoms with Gasteiger partial charge in [0.25, 0.3) is 5.89 Å². The topological polar surface area (TPSA) is 157 Å². The van der Waals surface area contributed by atoms with Crippen LogP contribution in [0.4, 0.5) is 4.79 Å². The molecular formula is C34H44N6O6. The molecule has 246 valence electrons. The lowest BCUT2D eigenvalue weighted by atomic mass is 9.88. The second-order valence-corrected chi connectivity index (χ2v) is 13.0. The van der Waals surface area contributed by atoms with Gasteiger partial charge in [-0.15, -0.1) is 10.2 Å². The number of pyridine rings is 1. The number of benzene rings is 1. The van der Waals surface area contributed by atoms with Gasteiger partial charge in [-0.25, -0.2) is 4.79 Å². The molecule has 1 aliphatic heterocycles. The molecule has 1 aliphatic rings. The predicted octanol–water partition coefficient (Wildman–Crippen LogP) is 4.36. The first kappa shape index (κ1) is 34.3. The molecule has 12 nitrogen and oxygen atoms in total. The van der Waals surface area contributed by atoms with Gasteiger partial charge < -0.3 is 24.7 Å². The summed E-state index contributed by atoms with van der Waals surface area (Å²) in [5, 5.41) is 13.7. The standard InChI is InChI=1S/C34H44N6O6/c1-20(2)26(28(41)30-38-39-32(46-30)34(6,7)25-16-15-22(5)18-35-25)36-29(42)24-14-11-17-40(24)31(43)27(21(3)4)37-33(44)45-19-23-12-9-8-10-13-23/h8-10,12-13,15-16,18,20-21,24,26-27H,11,14,17,19H2,1-7H3,(H,36,42)(H,37,44)/t24-,26-,27-/m0/s1. The largest absolute Gasteiger partial charge is 0.445 e. The molecule has 4 rings (SSSR count). The number of nitrogens with one attached hydrogen (secondary N) is 2. The van der Waals surface area contributed by atoms with Gasteiger partial charge in [0.2, 0.25) is 23.5 Å². The van der Waals surface area contributed by atoms with Crippen molar-refractivity contribution in [3.8, 4) is 0 Å². The number of rotatable bonds is 12. The molecule has 3 amide bonds. The zero-order valence-electron chi connectivity index (χ0n) is 27.6. The Morgan fingerprint density at radius 1 is 0.978 bits per heavy atom. The SMILES string of the molecule is Cc1ccc(C(C)(C)c2nnc(C(=O)[C@@H](NC(=O)[C@@H]3CCCN3C(=O)[C@@H](NC(=O)OCc3ccccc3)C(C)C)C(C)C)o2)nc1. The predicted molar refractivity (Wildman–Crippen MR) is 170 cm³/mol. The van der Waals surface area contributed by atoms with Gasteiger partial charge in [-0.3, -0.25) is 19.4 Å². The number of carbonyl (C=O) groups is 4. The van der Waals surface area contributed by atoms with Crippen molar-refractivity contribution in [3.63, 3.8) is 0 Å². The minimum Gasteiger partial charge on any atom is -0.445 e. The van der Waals surface area contributed by atoms with Crippen LogP contribution >= 0.6 is 0 Å². The lowest BCUT2D eigenvalue weighted by molar-refractivity contribution is -0.141. The molecule has 1 saturated heterocycles. The summed E-state index contributed by atoms with van der Waals surface area (Å²) in [5.41, 5.74) is 1.78. The molecular weight excluding hydrogens is 588 g/mol. The molecule has 3 heterocycles. The lowest BCUT2D eigenvalue weighted by Gasteiger charge is -2.31. The molecule has 0 spiro atoms. The quantitative estimate of drug-likeness (QED) is 0.277. The van der Waals surface area contributed by atoms with Crippen molar-refractivity contribution >= 4 is 23.7 Å². The number of hydrogen-bond donors (Lipinski definition) is 2. The highest BCUT2D eigenvalue weighted by Gasteiger charge is 2.41. The number of nitrogens with zero attached hydrogens (tertiary/aromatic N) is 4. The molecule has 0 radical (unpaired) electrons. The highest BCUT2D eigenvalue weighted by atomic mass is 16.5. The summed E-state index contributed by atoms with van der Waals surface area (Å²) in [5.74, 6) is -1.93. The van der Waals surface area contributed by atoms with Gasteiger partial charge >= 0.3 is 6.09 Å². The molecule has 0 saturated carbocycles. The van der Waals surface area contributed by atoms with E-state index in [1.165, 1.54) is 4.90 Å². The van der Waals surface area contributed by atoms with Crippen molar-refractivity contribution in [1.82, 2.24) is 30.7 Å². The Hall–Kier alpha value is -4.61. The summed E-state index contributed by atoms with van der Waals surface area (Å²) in [6, 6.07) is 10.4. The van der Waals surface area contributed by atoms with Crippen LogP contribution in [0.1, 0.15) is 87.8 Å². The Morgan fingerprint density at radius 2 is 1.67 bits per heavy atom. The first-order chi connectivity index (χ1) is 21.8. The molecule has 0 aliphatic carbocycles. The maximum absolute atomic E-state index is 13.7. The van der Waals surface area contributed by atoms with Gasteiger partial charge in [-0.05, 0) is 62.6 Å². The van der Waals surface area contributed by atoms with E-state index < -0.39 is 41.3 Å². The Morgan fingerprint density at radius 3 is 2.30 bits per heavy atom. The smallest absolute Gasteiger partial charge is 0.408 e. The minimum absolute atomic E-state index is 0.0624. The van der Waals surface area contributed by atoms with Crippen LogP contribution in [0.3, 0.4) is 0 Å². The van der Waals surface area contributed by atoms with Gasteiger partial charge in [-0.1, -0.05) is 64.1 Å². The van der Waals surface area contributed by atoms with Gasteiger partial charge in [-0.2, -0.15) is 0 Å². The van der Waals surface area contributed by atoms with Crippen molar-refractivity contribution in [2.75, 3.05) is 6.54 Å². The summed E-state index contributed by atoms with van der Waals surface area (Å²) < 4.78 is 11.2. The summed E-state index contributed by atoms with van der Waals surface area (Å²) in [4.78, 5) is 59.5. The van der Waals surface area contributed by atoms with E-state index in [9.17, 15) is 19.2 Å². The third kappa shape index (κ3) is 7.96. The molecule has 3 aromatic rings. The average Bonchev–Trinajstić information content (AvgIpc) is 3.73. The van der Waals surface area contributed by atoms with Crippen molar-refractivity contribution in [3.05, 3.63) is 77.3 Å². The number of carbonyl (C=O) groups excluding carboxylic acids is 4. The molecule has 1 fully saturated rings. The summed E-state index contributed by atoms with van der Waals surface area (Å²) in [6.07, 6.45) is 2.05. The summed E-state index contributed by atoms with van der Waals surface area (Å²) >= 11 is 0. The lowest BCUT2D eigenvalue weighted by Crippen LogP contribution is -2.57. The van der Waals surface area contributed by atoms with E-state index in [4.69, 9.17) is 9.15 Å². The fraction of sp³-hybridized carbons (Fsp3) is 0.500. The first-order valence-corrected chi connectivity index (χ1v) is 15.7. The summed E-state index contributed by atoms with van der Waals surface area (Å²) in [7, 11) is 0. The Balaban J connectivity index is 1.43. The molecule has 12 heteroatoms. The highest BCUT2D eigenvalue weighted by Crippen LogP contribution is 2.29. The van der Waals surface area contributed by atoms with Gasteiger partial charge in [0.05, 0.1) is 17.2 Å². The van der Waals surface area contributed by atoms with Crippen LogP contribution < -0.4 is 10.6 Å². The number of ketones is 1. The highest BCUT2D eigenvalue weighted by molar-refractivity contribution is 6.00. The maximum atomic E-state index is 13.7. The number of alkyl carbamates (subject to hydrolysis) is 1. The molecule has 0 bridgehead atoms. The number of aromatic nitrogens is 3. The minimum atomic E-state index is -0.967. The van der Waals surface area contributed by atoms with Gasteiger partial charge in [0.1, 0.15) is 18.7 Å². The van der Waals surface area contributed by atoms with Crippen LogP contribution in [0.15, 0.2) is 53.1 Å². The molecule has 2 N–H and O–H groups in total. The third-order valence-electron chi connectivity index (χ3n) is 8.23. The van der Waals surface area contributed by atoms with Crippen molar-refractivity contribution in [2.24, 2.45) is 11.8 Å². The van der Waals surface area contributed by atoms with Crippen molar-refractivity contribution in [1.29, 1.82) is 0 Å². The Bertz CT molecular complexity index is 1520. The van der Waals surface area contributed by atoms with E-state index >= 15 is 0 Å². The van der Waals surface area contributed by atoms with E-state index in [-0.39, 0.29) is 36.1 Å². The second-order valence-electron chi connectivity index (χ2n) is 13.0. The number of ether oxygens (including phenoxy) is 1. The number of aryl methyl sites for hydroxylation is 1. The van der Waals surface area contributed by atoms with E-state index in [0.29, 0.717) is 25.1 Å². The zero-order valence-corrected chi connectivity index (χ0v) is 27.6. The zero-order chi connectivity index (χ0) is 33.6. The molecule has 1 aromatic carbocycles. The fourth-order valence-corrected chi connectivity index (χ4v) is 5.33. The first-order valence-electron chi connectivity index (χ1n) is 15.7. The third-order valence-corrected chi connectivity index (χ3v) is 8.23. The molecule has 3 atom stereocenters. The van der Waals surface area contributed by atoms with Crippen LogP contribution in [0.25, 0.3) is 0 Å². The van der Waals surface area contributed by atoms with E-state index in [1.807, 2.05) is 77.1 Å². The van der Waals surface area contributed by atoms with Crippen LogP contribution in [0, 0.1) is 18.8 Å². The Labute approximate surface area is 269 Å². The second kappa shape index (κ2) is 14.7. The summed E-state index contributed by atoms with van der Waals surface area (Å²) in [6.45, 7) is 13.3. The van der Waals surface area contributed by atoms with Crippen molar-refractivity contribution in [2.45, 2.75) is 91.5 Å². The van der Waals surface area contributed by atoms with Crippen LogP contribution in [0.5, 0.6) is 0 Å². The van der Waals surface area contributed by atoms with E-state index in [0.717, 1.165) is 11.1 Å². The van der Waals surface area contributed by atoms with E-state index in [2.05, 4.69) is 25.8 Å².